The minimum atomic E-state index is 0.480. The van der Waals surface area contributed by atoms with Crippen molar-refractivity contribution < 1.29 is 0 Å². The van der Waals surface area contributed by atoms with E-state index in [4.69, 9.17) is 0 Å². The maximum Gasteiger partial charge on any atom is 0.125 e. The Morgan fingerprint density at radius 3 is 2.71 bits per heavy atom. The summed E-state index contributed by atoms with van der Waals surface area (Å²) in [5.41, 5.74) is 2.41. The van der Waals surface area contributed by atoms with Gasteiger partial charge in [0.1, 0.15) is 5.82 Å². The van der Waals surface area contributed by atoms with E-state index in [1.54, 1.807) is 0 Å². The third-order valence-electron chi connectivity index (χ3n) is 3.91. The Hall–Kier alpha value is -1.94. The fourth-order valence-electron chi connectivity index (χ4n) is 2.86. The maximum atomic E-state index is 4.24. The van der Waals surface area contributed by atoms with Gasteiger partial charge in [-0.15, -0.1) is 0 Å². The normalized spacial score (nSPS) is 19.4. The van der Waals surface area contributed by atoms with Crippen molar-refractivity contribution in [1.82, 2.24) is 14.9 Å². The molecule has 1 atom stereocenters. The van der Waals surface area contributed by atoms with E-state index in [2.05, 4.69) is 50.5 Å². The van der Waals surface area contributed by atoms with Gasteiger partial charge in [-0.1, -0.05) is 30.3 Å². The van der Waals surface area contributed by atoms with Crippen LogP contribution in [0.25, 0.3) is 0 Å². The van der Waals surface area contributed by atoms with Gasteiger partial charge in [0.15, 0.2) is 0 Å². The second-order valence-corrected chi connectivity index (χ2v) is 5.72. The zero-order valence-corrected chi connectivity index (χ0v) is 12.5. The number of benzene rings is 1. The second kappa shape index (κ2) is 6.68. The Morgan fingerprint density at radius 1 is 1.19 bits per heavy atom. The van der Waals surface area contributed by atoms with Gasteiger partial charge in [-0.3, -0.25) is 4.90 Å². The minimum Gasteiger partial charge on any atom is -0.379 e. The van der Waals surface area contributed by atoms with Crippen LogP contribution in [0.2, 0.25) is 0 Å². The molecule has 0 spiro atoms. The lowest BCUT2D eigenvalue weighted by molar-refractivity contribution is 0.208. The third kappa shape index (κ3) is 4.02. The molecule has 1 aromatic carbocycles. The van der Waals surface area contributed by atoms with Crippen LogP contribution in [0.3, 0.4) is 0 Å². The van der Waals surface area contributed by atoms with Gasteiger partial charge in [0, 0.05) is 19.1 Å². The lowest BCUT2D eigenvalue weighted by Crippen LogP contribution is -2.41. The van der Waals surface area contributed by atoms with Crippen LogP contribution >= 0.6 is 0 Å². The molecule has 1 aliphatic rings. The second-order valence-electron chi connectivity index (χ2n) is 5.72. The molecule has 1 saturated heterocycles. The van der Waals surface area contributed by atoms with Crippen molar-refractivity contribution in [3.05, 3.63) is 54.1 Å². The molecule has 1 N–H and O–H groups in total. The molecule has 0 amide bonds. The Kier molecular flexibility index (Phi) is 4.46. The van der Waals surface area contributed by atoms with E-state index in [0.717, 1.165) is 24.6 Å². The molecule has 0 aliphatic carbocycles. The Balaban J connectivity index is 1.57. The smallest absolute Gasteiger partial charge is 0.125 e. The minimum absolute atomic E-state index is 0.480. The van der Waals surface area contributed by atoms with E-state index in [1.165, 1.54) is 24.9 Å². The number of aromatic nitrogens is 2. The molecule has 1 aromatic heterocycles. The molecule has 4 heteroatoms. The number of aryl methyl sites for hydroxylation is 1. The third-order valence-corrected chi connectivity index (χ3v) is 3.91. The first-order valence-electron chi connectivity index (χ1n) is 7.61. The van der Waals surface area contributed by atoms with Crippen molar-refractivity contribution >= 4 is 5.69 Å². The number of nitrogens with zero attached hydrogens (tertiary/aromatic N) is 3. The van der Waals surface area contributed by atoms with Crippen LogP contribution in [0.4, 0.5) is 5.69 Å². The van der Waals surface area contributed by atoms with Gasteiger partial charge in [-0.05, 0) is 31.9 Å². The van der Waals surface area contributed by atoms with Gasteiger partial charge in [0.2, 0.25) is 0 Å². The SMILES string of the molecule is Cc1ncc(NC2CCCN(Cc3ccccc3)C2)cn1. The van der Waals surface area contributed by atoms with Crippen LogP contribution in [-0.2, 0) is 6.54 Å². The molecular weight excluding hydrogens is 260 g/mol. The van der Waals surface area contributed by atoms with E-state index < -0.39 is 0 Å². The van der Waals surface area contributed by atoms with E-state index in [1.807, 2.05) is 19.3 Å². The highest BCUT2D eigenvalue weighted by atomic mass is 15.2. The van der Waals surface area contributed by atoms with Crippen molar-refractivity contribution in [2.24, 2.45) is 0 Å². The van der Waals surface area contributed by atoms with Crippen LogP contribution in [0.1, 0.15) is 24.2 Å². The Labute approximate surface area is 126 Å². The average molecular weight is 282 g/mol. The first-order chi connectivity index (χ1) is 10.3. The molecule has 1 fully saturated rings. The van der Waals surface area contributed by atoms with Crippen molar-refractivity contribution in [2.75, 3.05) is 18.4 Å². The maximum absolute atomic E-state index is 4.24. The summed E-state index contributed by atoms with van der Waals surface area (Å²) in [6.45, 7) is 5.19. The number of hydrogen-bond donors (Lipinski definition) is 1. The van der Waals surface area contributed by atoms with Crippen molar-refractivity contribution in [2.45, 2.75) is 32.4 Å². The molecule has 1 aliphatic heterocycles. The molecule has 0 radical (unpaired) electrons. The summed E-state index contributed by atoms with van der Waals surface area (Å²) in [6, 6.07) is 11.2. The van der Waals surface area contributed by atoms with Crippen LogP contribution < -0.4 is 5.32 Å². The van der Waals surface area contributed by atoms with Gasteiger partial charge < -0.3 is 5.32 Å². The summed E-state index contributed by atoms with van der Waals surface area (Å²) in [7, 11) is 0. The van der Waals surface area contributed by atoms with Gasteiger partial charge in [0.25, 0.3) is 0 Å². The molecule has 110 valence electrons. The van der Waals surface area contributed by atoms with Gasteiger partial charge >= 0.3 is 0 Å². The van der Waals surface area contributed by atoms with E-state index in [-0.39, 0.29) is 0 Å². The van der Waals surface area contributed by atoms with E-state index in [0.29, 0.717) is 6.04 Å². The highest BCUT2D eigenvalue weighted by molar-refractivity contribution is 5.39. The lowest BCUT2D eigenvalue weighted by Gasteiger charge is -2.33. The van der Waals surface area contributed by atoms with Crippen LogP contribution in [0.5, 0.6) is 0 Å². The highest BCUT2D eigenvalue weighted by Gasteiger charge is 2.19. The van der Waals surface area contributed by atoms with Gasteiger partial charge in [-0.25, -0.2) is 9.97 Å². The first kappa shape index (κ1) is 14.0. The van der Waals surface area contributed by atoms with Crippen LogP contribution in [-0.4, -0.2) is 34.0 Å². The molecule has 2 heterocycles. The topological polar surface area (TPSA) is 41.1 Å². The standard InChI is InChI=1S/C17H22N4/c1-14-18-10-17(11-19-14)20-16-8-5-9-21(13-16)12-15-6-3-2-4-7-15/h2-4,6-7,10-11,16,20H,5,8-9,12-13H2,1H3. The number of nitrogens with one attached hydrogen (secondary N) is 1. The first-order valence-corrected chi connectivity index (χ1v) is 7.61. The summed E-state index contributed by atoms with van der Waals surface area (Å²) in [4.78, 5) is 11.0. The largest absolute Gasteiger partial charge is 0.379 e. The van der Waals surface area contributed by atoms with Crippen molar-refractivity contribution in [1.29, 1.82) is 0 Å². The summed E-state index contributed by atoms with van der Waals surface area (Å²) >= 11 is 0. The number of anilines is 1. The molecule has 2 aromatic rings. The summed E-state index contributed by atoms with van der Waals surface area (Å²) in [5.74, 6) is 0.815. The van der Waals surface area contributed by atoms with Gasteiger partial charge in [-0.2, -0.15) is 0 Å². The van der Waals surface area contributed by atoms with Gasteiger partial charge in [0.05, 0.1) is 18.1 Å². The van der Waals surface area contributed by atoms with Crippen molar-refractivity contribution in [3.8, 4) is 0 Å². The molecule has 0 saturated carbocycles. The molecular formula is C17H22N4. The van der Waals surface area contributed by atoms with E-state index >= 15 is 0 Å². The average Bonchev–Trinajstić information content (AvgIpc) is 2.51. The molecule has 1 unspecified atom stereocenters. The monoisotopic (exact) mass is 282 g/mol. The number of piperidine rings is 1. The highest BCUT2D eigenvalue weighted by Crippen LogP contribution is 2.17. The fourth-order valence-corrected chi connectivity index (χ4v) is 2.86. The molecule has 4 nitrogen and oxygen atoms in total. The number of rotatable bonds is 4. The Morgan fingerprint density at radius 2 is 1.95 bits per heavy atom. The zero-order valence-electron chi connectivity index (χ0n) is 12.5. The summed E-state index contributed by atoms with van der Waals surface area (Å²) in [5, 5.41) is 3.56. The van der Waals surface area contributed by atoms with E-state index in [9.17, 15) is 0 Å². The zero-order chi connectivity index (χ0) is 14.5. The lowest BCUT2D eigenvalue weighted by atomic mass is 10.0. The number of likely N-dealkylation sites (tertiary alicyclic amines) is 1. The van der Waals surface area contributed by atoms with Crippen LogP contribution in [0, 0.1) is 6.92 Å². The predicted octanol–water partition coefficient (Wildman–Crippen LogP) is 2.86. The molecule has 21 heavy (non-hydrogen) atoms. The molecule has 0 bridgehead atoms. The Bertz CT molecular complexity index is 553. The predicted molar refractivity (Wildman–Crippen MR) is 85.1 cm³/mol. The van der Waals surface area contributed by atoms with Crippen molar-refractivity contribution in [3.63, 3.8) is 0 Å². The quantitative estimate of drug-likeness (QED) is 0.936. The summed E-state index contributed by atoms with van der Waals surface area (Å²) < 4.78 is 0. The summed E-state index contributed by atoms with van der Waals surface area (Å²) in [6.07, 6.45) is 6.19. The molecule has 3 rings (SSSR count). The fraction of sp³-hybridized carbons (Fsp3) is 0.412. The van der Waals surface area contributed by atoms with Crippen LogP contribution in [0.15, 0.2) is 42.7 Å². The number of hydrogen-bond acceptors (Lipinski definition) is 4.